The summed E-state index contributed by atoms with van der Waals surface area (Å²) < 4.78 is 0. The molecule has 0 aromatic carbocycles. The Morgan fingerprint density at radius 1 is 1.12 bits per heavy atom. The van der Waals surface area contributed by atoms with Gasteiger partial charge in [0.2, 0.25) is 5.95 Å². The molecule has 8 heteroatoms. The van der Waals surface area contributed by atoms with Crippen molar-refractivity contribution in [3.8, 4) is 0 Å². The van der Waals surface area contributed by atoms with Gasteiger partial charge in [-0.25, -0.2) is 9.97 Å². The molecule has 1 saturated heterocycles. The Balaban J connectivity index is 1.77. The van der Waals surface area contributed by atoms with Gasteiger partial charge in [0.25, 0.3) is 0 Å². The molecule has 8 nitrogen and oxygen atoms in total. The molecule has 24 heavy (non-hydrogen) atoms. The third-order valence-corrected chi connectivity index (χ3v) is 4.12. The Hall–Kier alpha value is -2.74. The van der Waals surface area contributed by atoms with Crippen molar-refractivity contribution in [1.82, 2.24) is 30.5 Å². The van der Waals surface area contributed by atoms with E-state index in [1.165, 1.54) is 0 Å². The van der Waals surface area contributed by atoms with Crippen LogP contribution in [0, 0.1) is 13.8 Å². The highest BCUT2D eigenvalue weighted by molar-refractivity contribution is 5.89. The van der Waals surface area contributed by atoms with E-state index in [2.05, 4.69) is 30.7 Å². The minimum atomic E-state index is 0.677. The van der Waals surface area contributed by atoms with Crippen molar-refractivity contribution in [2.75, 3.05) is 36.4 Å². The molecule has 0 atom stereocenters. The van der Waals surface area contributed by atoms with Gasteiger partial charge in [0.1, 0.15) is 11.3 Å². The van der Waals surface area contributed by atoms with Gasteiger partial charge in [-0.2, -0.15) is 10.1 Å². The van der Waals surface area contributed by atoms with Gasteiger partial charge in [-0.15, -0.1) is 0 Å². The van der Waals surface area contributed by atoms with E-state index in [9.17, 15) is 0 Å². The third kappa shape index (κ3) is 2.76. The quantitative estimate of drug-likeness (QED) is 0.672. The first-order valence-electron chi connectivity index (χ1n) is 8.09. The van der Waals surface area contributed by atoms with Crippen LogP contribution in [0.1, 0.15) is 11.3 Å². The smallest absolute Gasteiger partial charge is 0.228 e. The van der Waals surface area contributed by atoms with E-state index in [4.69, 9.17) is 9.97 Å². The Labute approximate surface area is 139 Å². The fraction of sp³-hybridized carbons (Fsp3) is 0.375. The molecular formula is C16H20N8. The van der Waals surface area contributed by atoms with Crippen molar-refractivity contribution in [2.45, 2.75) is 13.8 Å². The van der Waals surface area contributed by atoms with Crippen LogP contribution in [0.25, 0.3) is 11.0 Å². The van der Waals surface area contributed by atoms with Crippen molar-refractivity contribution in [3.63, 3.8) is 0 Å². The molecule has 0 saturated carbocycles. The number of piperazine rings is 1. The van der Waals surface area contributed by atoms with Gasteiger partial charge >= 0.3 is 0 Å². The van der Waals surface area contributed by atoms with Crippen molar-refractivity contribution in [3.05, 3.63) is 29.6 Å². The second-order valence-electron chi connectivity index (χ2n) is 6.00. The Kier molecular flexibility index (Phi) is 3.73. The molecule has 0 spiro atoms. The van der Waals surface area contributed by atoms with Gasteiger partial charge < -0.3 is 15.5 Å². The van der Waals surface area contributed by atoms with Crippen LogP contribution in [0.15, 0.2) is 18.3 Å². The summed E-state index contributed by atoms with van der Waals surface area (Å²) in [4.78, 5) is 16.0. The Morgan fingerprint density at radius 3 is 2.75 bits per heavy atom. The fourth-order valence-electron chi connectivity index (χ4n) is 2.82. The number of aryl methyl sites for hydroxylation is 2. The molecule has 124 valence electrons. The highest BCUT2D eigenvalue weighted by atomic mass is 15.3. The first-order valence-corrected chi connectivity index (χ1v) is 8.09. The maximum Gasteiger partial charge on any atom is 0.228 e. The lowest BCUT2D eigenvalue weighted by molar-refractivity contribution is 0.581. The second kappa shape index (κ2) is 6.04. The first kappa shape index (κ1) is 14.8. The van der Waals surface area contributed by atoms with Crippen LogP contribution in [0.5, 0.6) is 0 Å². The number of nitrogens with zero attached hydrogens (tertiary/aromatic N) is 5. The Morgan fingerprint density at radius 2 is 1.96 bits per heavy atom. The van der Waals surface area contributed by atoms with E-state index in [1.54, 1.807) is 6.20 Å². The van der Waals surface area contributed by atoms with E-state index in [-0.39, 0.29) is 0 Å². The number of H-pyrrole nitrogens is 1. The van der Waals surface area contributed by atoms with Crippen molar-refractivity contribution >= 4 is 28.6 Å². The summed E-state index contributed by atoms with van der Waals surface area (Å²) >= 11 is 0. The van der Waals surface area contributed by atoms with Gasteiger partial charge in [-0.05, 0) is 31.5 Å². The maximum atomic E-state index is 4.72. The average molecular weight is 324 g/mol. The van der Waals surface area contributed by atoms with Crippen LogP contribution < -0.4 is 15.5 Å². The molecule has 3 N–H and O–H groups in total. The van der Waals surface area contributed by atoms with E-state index in [1.807, 2.05) is 26.0 Å². The largest absolute Gasteiger partial charge is 0.338 e. The van der Waals surface area contributed by atoms with Crippen molar-refractivity contribution < 1.29 is 0 Å². The standard InChI is InChI=1S/C16H20N8/c1-10-3-4-18-12(9-10)19-15-14-13(11(2)22-23-14)20-16(21-15)24-7-5-17-6-8-24/h3-4,9,17H,5-8H2,1-2H3,(H,22,23)(H,18,19,20,21). The molecule has 0 unspecified atom stereocenters. The number of hydrogen-bond donors (Lipinski definition) is 3. The molecule has 3 aromatic heterocycles. The first-order chi connectivity index (χ1) is 11.7. The lowest BCUT2D eigenvalue weighted by atomic mass is 10.3. The van der Waals surface area contributed by atoms with E-state index in [0.29, 0.717) is 5.82 Å². The summed E-state index contributed by atoms with van der Waals surface area (Å²) in [6, 6.07) is 3.95. The van der Waals surface area contributed by atoms with E-state index in [0.717, 1.165) is 60.2 Å². The fourth-order valence-corrected chi connectivity index (χ4v) is 2.82. The minimum Gasteiger partial charge on any atom is -0.338 e. The zero-order chi connectivity index (χ0) is 16.5. The van der Waals surface area contributed by atoms with Crippen LogP contribution in [0.2, 0.25) is 0 Å². The summed E-state index contributed by atoms with van der Waals surface area (Å²) in [5.41, 5.74) is 3.64. The minimum absolute atomic E-state index is 0.677. The maximum absolute atomic E-state index is 4.72. The van der Waals surface area contributed by atoms with Crippen LogP contribution in [-0.4, -0.2) is 51.3 Å². The number of rotatable bonds is 3. The van der Waals surface area contributed by atoms with Crippen LogP contribution in [0.3, 0.4) is 0 Å². The molecule has 3 aromatic rings. The van der Waals surface area contributed by atoms with E-state index >= 15 is 0 Å². The van der Waals surface area contributed by atoms with Gasteiger partial charge in [-0.3, -0.25) is 5.10 Å². The third-order valence-electron chi connectivity index (χ3n) is 4.12. The van der Waals surface area contributed by atoms with Crippen LogP contribution >= 0.6 is 0 Å². The zero-order valence-electron chi connectivity index (χ0n) is 13.8. The summed E-state index contributed by atoms with van der Waals surface area (Å²) in [7, 11) is 0. The molecule has 1 aliphatic heterocycles. The van der Waals surface area contributed by atoms with Gasteiger partial charge in [-0.1, -0.05) is 0 Å². The molecule has 4 rings (SSSR count). The number of pyridine rings is 1. The molecule has 1 aliphatic rings. The monoisotopic (exact) mass is 324 g/mol. The number of aromatic amines is 1. The predicted octanol–water partition coefficient (Wildman–Crippen LogP) is 1.52. The number of hydrogen-bond acceptors (Lipinski definition) is 7. The highest BCUT2D eigenvalue weighted by Gasteiger charge is 2.18. The summed E-state index contributed by atoms with van der Waals surface area (Å²) in [5.74, 6) is 2.15. The van der Waals surface area contributed by atoms with Gasteiger partial charge in [0.05, 0.1) is 5.69 Å². The number of fused-ring (bicyclic) bond motifs is 1. The summed E-state index contributed by atoms with van der Waals surface area (Å²) in [5, 5.41) is 14.0. The molecule has 0 aliphatic carbocycles. The predicted molar refractivity (Wildman–Crippen MR) is 93.8 cm³/mol. The lowest BCUT2D eigenvalue weighted by Gasteiger charge is -2.27. The summed E-state index contributed by atoms with van der Waals surface area (Å²) in [6.07, 6.45) is 1.78. The molecule has 0 bridgehead atoms. The number of nitrogens with one attached hydrogen (secondary N) is 3. The zero-order valence-corrected chi connectivity index (χ0v) is 13.8. The van der Waals surface area contributed by atoms with Gasteiger partial charge in [0, 0.05) is 32.4 Å². The normalized spacial score (nSPS) is 15.0. The average Bonchev–Trinajstić information content (AvgIpc) is 2.97. The number of aromatic nitrogens is 5. The summed E-state index contributed by atoms with van der Waals surface area (Å²) in [6.45, 7) is 7.67. The molecule has 0 amide bonds. The second-order valence-corrected chi connectivity index (χ2v) is 6.00. The highest BCUT2D eigenvalue weighted by Crippen LogP contribution is 2.26. The molecule has 1 fully saturated rings. The number of anilines is 3. The lowest BCUT2D eigenvalue weighted by Crippen LogP contribution is -2.44. The van der Waals surface area contributed by atoms with Crippen LogP contribution in [-0.2, 0) is 0 Å². The van der Waals surface area contributed by atoms with Crippen molar-refractivity contribution in [1.29, 1.82) is 0 Å². The molecule has 4 heterocycles. The Bertz CT molecular complexity index is 866. The topological polar surface area (TPSA) is 94.6 Å². The molecule has 0 radical (unpaired) electrons. The molecular weight excluding hydrogens is 304 g/mol. The van der Waals surface area contributed by atoms with Crippen LogP contribution in [0.4, 0.5) is 17.6 Å². The van der Waals surface area contributed by atoms with Gasteiger partial charge in [0.15, 0.2) is 11.3 Å². The van der Waals surface area contributed by atoms with E-state index < -0.39 is 0 Å². The van der Waals surface area contributed by atoms with Crippen molar-refractivity contribution in [2.24, 2.45) is 0 Å². The SMILES string of the molecule is Cc1ccnc(Nc2nc(N3CCNCC3)nc3c(C)[nH]nc23)c1.